The van der Waals surface area contributed by atoms with Crippen LogP contribution in [0.2, 0.25) is 0 Å². The third-order valence-corrected chi connectivity index (χ3v) is 4.21. The van der Waals surface area contributed by atoms with E-state index in [2.05, 4.69) is 43.8 Å². The summed E-state index contributed by atoms with van der Waals surface area (Å²) in [5.74, 6) is 3.38. The molecule has 0 bridgehead atoms. The first-order chi connectivity index (χ1) is 7.90. The minimum atomic E-state index is 0.466. The van der Waals surface area contributed by atoms with Gasteiger partial charge in [-0.15, -0.1) is 11.7 Å². The fourth-order valence-corrected chi connectivity index (χ4v) is 3.47. The zero-order valence-electron chi connectivity index (χ0n) is 8.67. The summed E-state index contributed by atoms with van der Waals surface area (Å²) in [6.45, 7) is 3.88. The van der Waals surface area contributed by atoms with Crippen molar-refractivity contribution in [1.82, 2.24) is 26.0 Å². The number of rotatable bonds is 2. The predicted octanol–water partition coefficient (Wildman–Crippen LogP) is -0.0563. The van der Waals surface area contributed by atoms with Crippen molar-refractivity contribution in [2.24, 2.45) is 28.8 Å². The van der Waals surface area contributed by atoms with E-state index in [1.54, 1.807) is 0 Å². The zero-order valence-corrected chi connectivity index (χ0v) is 8.67. The largest absolute Gasteiger partial charge is 0.306 e. The standard InChI is InChI=1S/C10H12N6/c1-2-4-5-3-6-8(7(4)5)11-12-9(6)10-13-15-16-14-10/h2,4-8,11H,1,3H2,(H,13,14,15,16)/t4-,5-,6?,7+,8?/m0/s1. The first kappa shape index (κ1) is 8.43. The normalized spacial score (nSPS) is 43.2. The average Bonchev–Trinajstić information content (AvgIpc) is 2.73. The van der Waals surface area contributed by atoms with Gasteiger partial charge < -0.3 is 5.43 Å². The number of hydrogen-bond acceptors (Lipinski definition) is 5. The Kier molecular flexibility index (Phi) is 1.42. The maximum Gasteiger partial charge on any atom is 0.196 e. The lowest BCUT2D eigenvalue weighted by molar-refractivity contribution is 0.453. The van der Waals surface area contributed by atoms with Crippen molar-refractivity contribution in [1.29, 1.82) is 0 Å². The molecule has 3 aliphatic rings. The summed E-state index contributed by atoms with van der Waals surface area (Å²) in [4.78, 5) is 0. The van der Waals surface area contributed by atoms with E-state index >= 15 is 0 Å². The van der Waals surface area contributed by atoms with Gasteiger partial charge >= 0.3 is 0 Å². The molecule has 1 aliphatic heterocycles. The molecule has 2 unspecified atom stereocenters. The van der Waals surface area contributed by atoms with E-state index in [1.165, 1.54) is 6.42 Å². The lowest BCUT2D eigenvalue weighted by atomic mass is 9.92. The van der Waals surface area contributed by atoms with Crippen LogP contribution in [-0.4, -0.2) is 32.4 Å². The zero-order chi connectivity index (χ0) is 10.7. The van der Waals surface area contributed by atoms with Crippen molar-refractivity contribution >= 4 is 5.71 Å². The van der Waals surface area contributed by atoms with E-state index in [4.69, 9.17) is 0 Å². The van der Waals surface area contributed by atoms with Gasteiger partial charge in [-0.3, -0.25) is 0 Å². The van der Waals surface area contributed by atoms with Crippen LogP contribution in [-0.2, 0) is 0 Å². The molecule has 82 valence electrons. The number of allylic oxidation sites excluding steroid dienone is 1. The quantitative estimate of drug-likeness (QED) is 0.679. The molecule has 1 aromatic heterocycles. The first-order valence-corrected chi connectivity index (χ1v) is 5.60. The second kappa shape index (κ2) is 2.69. The van der Waals surface area contributed by atoms with Crippen LogP contribution >= 0.6 is 0 Å². The number of H-pyrrole nitrogens is 1. The molecule has 0 amide bonds. The van der Waals surface area contributed by atoms with Gasteiger partial charge in [0.25, 0.3) is 0 Å². The van der Waals surface area contributed by atoms with Crippen molar-refractivity contribution in [2.45, 2.75) is 12.5 Å². The smallest absolute Gasteiger partial charge is 0.196 e. The highest BCUT2D eigenvalue weighted by atomic mass is 15.5. The number of fused-ring (bicyclic) bond motifs is 3. The van der Waals surface area contributed by atoms with Crippen LogP contribution in [0.15, 0.2) is 17.8 Å². The average molecular weight is 216 g/mol. The van der Waals surface area contributed by atoms with Gasteiger partial charge in [-0.25, -0.2) is 5.10 Å². The lowest BCUT2D eigenvalue weighted by Crippen LogP contribution is -2.29. The van der Waals surface area contributed by atoms with Gasteiger partial charge in [0.2, 0.25) is 0 Å². The number of hydrazone groups is 1. The SMILES string of the molecule is C=C[C@H]1[C@@H]2CC3C(c4nnn[nH]4)=NNC3[C@H]12. The molecule has 2 N–H and O–H groups in total. The Labute approximate surface area is 92.2 Å². The molecule has 2 heterocycles. The van der Waals surface area contributed by atoms with E-state index < -0.39 is 0 Å². The summed E-state index contributed by atoms with van der Waals surface area (Å²) in [7, 11) is 0. The Morgan fingerprint density at radius 1 is 1.44 bits per heavy atom. The van der Waals surface area contributed by atoms with Gasteiger partial charge in [-0.05, 0) is 34.6 Å². The lowest BCUT2D eigenvalue weighted by Gasteiger charge is -2.14. The van der Waals surface area contributed by atoms with Crippen LogP contribution in [0.1, 0.15) is 12.2 Å². The predicted molar refractivity (Wildman–Crippen MR) is 56.4 cm³/mol. The molecule has 0 saturated heterocycles. The first-order valence-electron chi connectivity index (χ1n) is 5.60. The Morgan fingerprint density at radius 2 is 2.38 bits per heavy atom. The second-order valence-electron chi connectivity index (χ2n) is 4.80. The topological polar surface area (TPSA) is 78.8 Å². The van der Waals surface area contributed by atoms with Gasteiger partial charge in [0.15, 0.2) is 5.82 Å². The van der Waals surface area contributed by atoms with Crippen LogP contribution in [0, 0.1) is 23.7 Å². The van der Waals surface area contributed by atoms with Crippen LogP contribution in [0.5, 0.6) is 0 Å². The van der Waals surface area contributed by atoms with E-state index in [1.807, 2.05) is 0 Å². The third-order valence-electron chi connectivity index (χ3n) is 4.21. The van der Waals surface area contributed by atoms with Crippen molar-refractivity contribution in [3.63, 3.8) is 0 Å². The number of hydrogen-bond donors (Lipinski definition) is 2. The summed E-state index contributed by atoms with van der Waals surface area (Å²) in [5.41, 5.74) is 4.23. The Balaban J connectivity index is 1.61. The molecule has 0 radical (unpaired) electrons. The van der Waals surface area contributed by atoms with Crippen molar-refractivity contribution < 1.29 is 0 Å². The molecule has 0 aromatic carbocycles. The number of aromatic amines is 1. The summed E-state index contributed by atoms with van der Waals surface area (Å²) in [6, 6.07) is 0.466. The van der Waals surface area contributed by atoms with Crippen LogP contribution in [0.3, 0.4) is 0 Å². The second-order valence-corrected chi connectivity index (χ2v) is 4.80. The number of nitrogens with zero attached hydrogens (tertiary/aromatic N) is 4. The van der Waals surface area contributed by atoms with Gasteiger partial charge in [0.05, 0.1) is 6.04 Å². The summed E-state index contributed by atoms with van der Waals surface area (Å²) >= 11 is 0. The molecule has 6 nitrogen and oxygen atoms in total. The van der Waals surface area contributed by atoms with Crippen LogP contribution < -0.4 is 5.43 Å². The van der Waals surface area contributed by atoms with Crippen LogP contribution in [0.25, 0.3) is 0 Å². The van der Waals surface area contributed by atoms with Gasteiger partial charge in [-0.2, -0.15) is 5.10 Å². The molecule has 2 aliphatic carbocycles. The Bertz CT molecular complexity index is 464. The maximum atomic E-state index is 4.37. The van der Waals surface area contributed by atoms with Crippen molar-refractivity contribution in [2.75, 3.05) is 0 Å². The minimum absolute atomic E-state index is 0.466. The molecule has 2 fully saturated rings. The number of nitrogens with one attached hydrogen (secondary N) is 2. The molecule has 1 aromatic rings. The highest BCUT2D eigenvalue weighted by Crippen LogP contribution is 2.61. The number of aromatic nitrogens is 4. The fraction of sp³-hybridized carbons (Fsp3) is 0.600. The highest BCUT2D eigenvalue weighted by molar-refractivity contribution is 6.00. The van der Waals surface area contributed by atoms with Crippen molar-refractivity contribution in [3.8, 4) is 0 Å². The third kappa shape index (κ3) is 0.874. The monoisotopic (exact) mass is 216 g/mol. The van der Waals surface area contributed by atoms with Crippen molar-refractivity contribution in [3.05, 3.63) is 18.5 Å². The van der Waals surface area contributed by atoms with E-state index in [9.17, 15) is 0 Å². The van der Waals surface area contributed by atoms with E-state index in [0.717, 1.165) is 17.5 Å². The minimum Gasteiger partial charge on any atom is -0.306 e. The van der Waals surface area contributed by atoms with Gasteiger partial charge in [0.1, 0.15) is 5.71 Å². The molecule has 4 rings (SSSR count). The Hall–Kier alpha value is -1.72. The molecule has 6 heteroatoms. The van der Waals surface area contributed by atoms with E-state index in [-0.39, 0.29) is 0 Å². The Morgan fingerprint density at radius 3 is 3.12 bits per heavy atom. The van der Waals surface area contributed by atoms with Gasteiger partial charge in [0, 0.05) is 5.92 Å². The maximum absolute atomic E-state index is 4.37. The molecule has 2 saturated carbocycles. The molecular weight excluding hydrogens is 204 g/mol. The van der Waals surface area contributed by atoms with E-state index in [0.29, 0.717) is 23.7 Å². The summed E-state index contributed by atoms with van der Waals surface area (Å²) in [6.07, 6.45) is 3.26. The van der Waals surface area contributed by atoms with Gasteiger partial charge in [-0.1, -0.05) is 6.08 Å². The number of tetrazole rings is 1. The molecule has 5 atom stereocenters. The molecule has 0 spiro atoms. The molecular formula is C10H12N6. The molecule has 16 heavy (non-hydrogen) atoms. The fourth-order valence-electron chi connectivity index (χ4n) is 3.47. The van der Waals surface area contributed by atoms with Crippen LogP contribution in [0.4, 0.5) is 0 Å². The summed E-state index contributed by atoms with van der Waals surface area (Å²) in [5, 5.41) is 18.3. The highest BCUT2D eigenvalue weighted by Gasteiger charge is 2.63. The summed E-state index contributed by atoms with van der Waals surface area (Å²) < 4.78 is 0.